The average molecular weight is 275 g/mol. The molecule has 1 amide bonds. The van der Waals surface area contributed by atoms with Crippen LogP contribution in [0.1, 0.15) is 23.0 Å². The molecule has 0 aliphatic carbocycles. The SMILES string of the molecule is CCn1ncc(Cl)c1C(=O)Nc1ccccc1C#N. The molecular weight excluding hydrogens is 264 g/mol. The summed E-state index contributed by atoms with van der Waals surface area (Å²) in [6.45, 7) is 2.40. The number of amides is 1. The molecule has 19 heavy (non-hydrogen) atoms. The van der Waals surface area contributed by atoms with E-state index in [1.807, 2.05) is 13.0 Å². The standard InChI is InChI=1S/C13H11ClN4O/c1-2-18-12(10(14)8-16-18)13(19)17-11-6-4-3-5-9(11)7-15/h3-6,8H,2H2,1H3,(H,17,19). The Morgan fingerprint density at radius 3 is 2.95 bits per heavy atom. The Hall–Kier alpha value is -2.32. The van der Waals surface area contributed by atoms with Crippen molar-refractivity contribution in [3.8, 4) is 6.07 Å². The Bertz CT molecular complexity index is 657. The third kappa shape index (κ3) is 2.59. The molecule has 1 N–H and O–H groups in total. The molecule has 1 aromatic heterocycles. The molecule has 0 aliphatic rings. The van der Waals surface area contributed by atoms with E-state index >= 15 is 0 Å². The maximum atomic E-state index is 12.2. The second-order valence-corrected chi connectivity index (χ2v) is 4.18. The largest absolute Gasteiger partial charge is 0.319 e. The summed E-state index contributed by atoms with van der Waals surface area (Å²) in [6.07, 6.45) is 1.43. The highest BCUT2D eigenvalue weighted by molar-refractivity contribution is 6.34. The summed E-state index contributed by atoms with van der Waals surface area (Å²) in [5, 5.41) is 15.9. The number of rotatable bonds is 3. The minimum absolute atomic E-state index is 0.286. The van der Waals surface area contributed by atoms with Gasteiger partial charge in [0, 0.05) is 6.54 Å². The van der Waals surface area contributed by atoms with Gasteiger partial charge in [0.15, 0.2) is 0 Å². The van der Waals surface area contributed by atoms with Crippen molar-refractivity contribution in [2.45, 2.75) is 13.5 Å². The predicted molar refractivity (Wildman–Crippen MR) is 72.0 cm³/mol. The highest BCUT2D eigenvalue weighted by Crippen LogP contribution is 2.19. The Morgan fingerprint density at radius 2 is 2.26 bits per heavy atom. The summed E-state index contributed by atoms with van der Waals surface area (Å²) in [7, 11) is 0. The molecule has 0 fully saturated rings. The number of benzene rings is 1. The molecule has 1 aromatic carbocycles. The summed E-state index contributed by atoms with van der Waals surface area (Å²) in [4.78, 5) is 12.2. The molecule has 0 radical (unpaired) electrons. The first-order chi connectivity index (χ1) is 9.17. The highest BCUT2D eigenvalue weighted by atomic mass is 35.5. The van der Waals surface area contributed by atoms with Gasteiger partial charge < -0.3 is 5.32 Å². The number of hydrogen-bond donors (Lipinski definition) is 1. The van der Waals surface area contributed by atoms with Gasteiger partial charge in [-0.2, -0.15) is 10.4 Å². The molecule has 2 aromatic rings. The average Bonchev–Trinajstić information content (AvgIpc) is 2.80. The zero-order valence-corrected chi connectivity index (χ0v) is 11.0. The van der Waals surface area contributed by atoms with Crippen LogP contribution >= 0.6 is 11.6 Å². The van der Waals surface area contributed by atoms with E-state index in [4.69, 9.17) is 16.9 Å². The van der Waals surface area contributed by atoms with E-state index in [2.05, 4.69) is 10.4 Å². The summed E-state index contributed by atoms with van der Waals surface area (Å²) >= 11 is 5.95. The van der Waals surface area contributed by atoms with E-state index in [1.54, 1.807) is 24.3 Å². The van der Waals surface area contributed by atoms with Crippen LogP contribution in [-0.4, -0.2) is 15.7 Å². The van der Waals surface area contributed by atoms with Crippen LogP contribution in [0, 0.1) is 11.3 Å². The molecule has 0 saturated heterocycles. The van der Waals surface area contributed by atoms with E-state index in [1.165, 1.54) is 10.9 Å². The molecule has 2 rings (SSSR count). The highest BCUT2D eigenvalue weighted by Gasteiger charge is 2.17. The monoisotopic (exact) mass is 274 g/mol. The molecule has 0 unspecified atom stereocenters. The van der Waals surface area contributed by atoms with Crippen molar-refractivity contribution >= 4 is 23.2 Å². The fourth-order valence-electron chi connectivity index (χ4n) is 1.70. The number of nitriles is 1. The van der Waals surface area contributed by atoms with E-state index in [9.17, 15) is 4.79 Å². The number of nitrogens with one attached hydrogen (secondary N) is 1. The van der Waals surface area contributed by atoms with Crippen molar-refractivity contribution < 1.29 is 4.79 Å². The van der Waals surface area contributed by atoms with Crippen LogP contribution in [-0.2, 0) is 6.54 Å². The summed E-state index contributed by atoms with van der Waals surface area (Å²) in [5.74, 6) is -0.382. The predicted octanol–water partition coefficient (Wildman–Crippen LogP) is 2.68. The number of aromatic nitrogens is 2. The number of carbonyl (C=O) groups excluding carboxylic acids is 1. The van der Waals surface area contributed by atoms with Gasteiger partial charge in [-0.1, -0.05) is 23.7 Å². The number of aryl methyl sites for hydroxylation is 1. The third-order valence-electron chi connectivity index (χ3n) is 2.61. The van der Waals surface area contributed by atoms with Crippen molar-refractivity contribution in [2.24, 2.45) is 0 Å². The molecular formula is C13H11ClN4O. The van der Waals surface area contributed by atoms with E-state index in [0.717, 1.165) is 0 Å². The summed E-state index contributed by atoms with van der Waals surface area (Å²) < 4.78 is 1.51. The van der Waals surface area contributed by atoms with Crippen molar-refractivity contribution in [3.05, 3.63) is 46.7 Å². The van der Waals surface area contributed by atoms with Crippen molar-refractivity contribution in [1.82, 2.24) is 9.78 Å². The van der Waals surface area contributed by atoms with Crippen LogP contribution in [0.25, 0.3) is 0 Å². The van der Waals surface area contributed by atoms with Crippen molar-refractivity contribution in [1.29, 1.82) is 5.26 Å². The van der Waals surface area contributed by atoms with Gasteiger partial charge in [-0.15, -0.1) is 0 Å². The lowest BCUT2D eigenvalue weighted by atomic mass is 10.2. The minimum atomic E-state index is -0.382. The quantitative estimate of drug-likeness (QED) is 0.935. The molecule has 0 bridgehead atoms. The summed E-state index contributed by atoms with van der Waals surface area (Å²) in [5.41, 5.74) is 1.14. The smallest absolute Gasteiger partial charge is 0.275 e. The zero-order chi connectivity index (χ0) is 13.8. The second-order valence-electron chi connectivity index (χ2n) is 3.77. The third-order valence-corrected chi connectivity index (χ3v) is 2.88. The number of halogens is 1. The van der Waals surface area contributed by atoms with Gasteiger partial charge in [-0.25, -0.2) is 0 Å². The molecule has 6 heteroatoms. The van der Waals surface area contributed by atoms with Crippen molar-refractivity contribution in [3.63, 3.8) is 0 Å². The Balaban J connectivity index is 2.31. The number of nitrogens with zero attached hydrogens (tertiary/aromatic N) is 3. The first-order valence-electron chi connectivity index (χ1n) is 5.69. The van der Waals surface area contributed by atoms with Crippen molar-refractivity contribution in [2.75, 3.05) is 5.32 Å². The fourth-order valence-corrected chi connectivity index (χ4v) is 1.93. The normalized spacial score (nSPS) is 9.95. The zero-order valence-electron chi connectivity index (χ0n) is 10.2. The number of anilines is 1. The molecule has 96 valence electrons. The molecule has 5 nitrogen and oxygen atoms in total. The Morgan fingerprint density at radius 1 is 1.53 bits per heavy atom. The van der Waals surface area contributed by atoms with Crippen LogP contribution in [0.2, 0.25) is 5.02 Å². The molecule has 0 spiro atoms. The maximum absolute atomic E-state index is 12.2. The van der Waals surface area contributed by atoms with Gasteiger partial charge >= 0.3 is 0 Å². The lowest BCUT2D eigenvalue weighted by Crippen LogP contribution is -2.18. The topological polar surface area (TPSA) is 70.7 Å². The molecule has 0 saturated carbocycles. The lowest BCUT2D eigenvalue weighted by molar-refractivity contribution is 0.101. The van der Waals surface area contributed by atoms with Gasteiger partial charge in [0.05, 0.1) is 22.5 Å². The van der Waals surface area contributed by atoms with Crippen LogP contribution in [0.3, 0.4) is 0 Å². The molecule has 0 aliphatic heterocycles. The van der Waals surface area contributed by atoms with E-state index < -0.39 is 0 Å². The van der Waals surface area contributed by atoms with Crippen LogP contribution in [0.5, 0.6) is 0 Å². The minimum Gasteiger partial charge on any atom is -0.319 e. The van der Waals surface area contributed by atoms with Gasteiger partial charge in [-0.3, -0.25) is 9.48 Å². The maximum Gasteiger partial charge on any atom is 0.275 e. The number of carbonyl (C=O) groups is 1. The molecule has 1 heterocycles. The fraction of sp³-hybridized carbons (Fsp3) is 0.154. The van der Waals surface area contributed by atoms with Gasteiger partial charge in [0.2, 0.25) is 0 Å². The first-order valence-corrected chi connectivity index (χ1v) is 6.07. The second kappa shape index (κ2) is 5.55. The van der Waals surface area contributed by atoms with E-state index in [0.29, 0.717) is 17.8 Å². The number of hydrogen-bond acceptors (Lipinski definition) is 3. The van der Waals surface area contributed by atoms with Gasteiger partial charge in [0.25, 0.3) is 5.91 Å². The van der Waals surface area contributed by atoms with Crippen LogP contribution in [0.4, 0.5) is 5.69 Å². The van der Waals surface area contributed by atoms with Gasteiger partial charge in [-0.05, 0) is 19.1 Å². The van der Waals surface area contributed by atoms with E-state index in [-0.39, 0.29) is 16.6 Å². The van der Waals surface area contributed by atoms with Gasteiger partial charge in [0.1, 0.15) is 11.8 Å². The summed E-state index contributed by atoms with van der Waals surface area (Å²) in [6, 6.07) is 8.80. The van der Waals surface area contributed by atoms with Crippen LogP contribution < -0.4 is 5.32 Å². The Kier molecular flexibility index (Phi) is 3.83. The lowest BCUT2D eigenvalue weighted by Gasteiger charge is -2.08. The number of para-hydroxylation sites is 1. The Labute approximate surface area is 115 Å². The van der Waals surface area contributed by atoms with Crippen LogP contribution in [0.15, 0.2) is 30.5 Å². The molecule has 0 atom stereocenters. The first kappa shape index (κ1) is 13.1.